The third-order valence-corrected chi connectivity index (χ3v) is 12.6. The maximum Gasteiger partial charge on any atom is 0.119 e. The molecular formula is C60H76O2. The Labute approximate surface area is 377 Å². The van der Waals surface area contributed by atoms with Gasteiger partial charge in [0.25, 0.3) is 0 Å². The average Bonchev–Trinajstić information content (AvgIpc) is 3.28. The van der Waals surface area contributed by atoms with Crippen molar-refractivity contribution < 1.29 is 9.47 Å². The molecule has 2 nitrogen and oxygen atoms in total. The van der Waals surface area contributed by atoms with Crippen LogP contribution >= 0.6 is 0 Å². The SMILES string of the molecule is Cc1ccc(CC2CCC(C)CC2)cc1.Cc1ccc(COc2ccc(C)cc2)cc1.Cc1ccc(Cc2ccc(C)cc2)cc1.Cc1ccc(OCC2CCC(C)CC2)cc1. The molecule has 0 saturated heterocycles. The highest BCUT2D eigenvalue weighted by atomic mass is 16.5. The van der Waals surface area contributed by atoms with Crippen LogP contribution in [-0.4, -0.2) is 6.61 Å². The van der Waals surface area contributed by atoms with Crippen molar-refractivity contribution >= 4 is 0 Å². The van der Waals surface area contributed by atoms with Crippen LogP contribution in [0.4, 0.5) is 0 Å². The van der Waals surface area contributed by atoms with Crippen molar-refractivity contribution in [2.45, 2.75) is 126 Å². The van der Waals surface area contributed by atoms with Crippen molar-refractivity contribution in [3.05, 3.63) is 201 Å². The van der Waals surface area contributed by atoms with Gasteiger partial charge in [0, 0.05) is 0 Å². The Hall–Kier alpha value is -5.08. The van der Waals surface area contributed by atoms with Crippen LogP contribution in [0.15, 0.2) is 146 Å². The van der Waals surface area contributed by atoms with Crippen LogP contribution in [0.5, 0.6) is 11.5 Å². The van der Waals surface area contributed by atoms with E-state index in [1.807, 2.05) is 12.1 Å². The molecule has 0 atom stereocenters. The molecule has 2 aliphatic carbocycles. The monoisotopic (exact) mass is 829 g/mol. The standard InChI is InChI=1S/C15H22O.C15H16O.C15H22.C15H16/c2*1-12-3-7-14(8-4-12)11-16-15-9-5-13(2)6-10-15;2*1-12-3-7-14(8-4-12)11-15-9-5-13(2)6-10-15/h5-6,9-10,12,14H,3-4,7-8,11H2,1-2H3;3-10H,11H2,1-2H3;3-4,7-8,13,15H,5-6,9-11H2,1-2H3;3-10H,11H2,1-2H3. The van der Waals surface area contributed by atoms with Crippen LogP contribution in [0.3, 0.4) is 0 Å². The van der Waals surface area contributed by atoms with Gasteiger partial charge in [-0.3, -0.25) is 0 Å². The van der Waals surface area contributed by atoms with Crippen LogP contribution in [0, 0.1) is 65.2 Å². The zero-order chi connectivity index (χ0) is 44.1. The summed E-state index contributed by atoms with van der Waals surface area (Å²) in [5, 5.41) is 0. The minimum Gasteiger partial charge on any atom is -0.493 e. The highest BCUT2D eigenvalue weighted by molar-refractivity contribution is 5.31. The first kappa shape index (κ1) is 48.0. The lowest BCUT2D eigenvalue weighted by Crippen LogP contribution is -2.18. The van der Waals surface area contributed by atoms with Gasteiger partial charge in [0.2, 0.25) is 0 Å². The highest BCUT2D eigenvalue weighted by Gasteiger charge is 2.19. The molecule has 0 radical (unpaired) electrons. The first-order chi connectivity index (χ1) is 29.9. The average molecular weight is 829 g/mol. The summed E-state index contributed by atoms with van der Waals surface area (Å²) in [5.41, 5.74) is 13.3. The van der Waals surface area contributed by atoms with E-state index in [0.717, 1.165) is 48.2 Å². The fourth-order valence-electron chi connectivity index (χ4n) is 8.07. The fourth-order valence-corrected chi connectivity index (χ4v) is 8.07. The summed E-state index contributed by atoms with van der Waals surface area (Å²) in [7, 11) is 0. The second kappa shape index (κ2) is 25.8. The van der Waals surface area contributed by atoms with E-state index in [9.17, 15) is 0 Å². The van der Waals surface area contributed by atoms with Crippen molar-refractivity contribution in [2.24, 2.45) is 23.7 Å². The molecule has 0 heterocycles. The van der Waals surface area contributed by atoms with Crippen molar-refractivity contribution in [2.75, 3.05) is 6.61 Å². The van der Waals surface area contributed by atoms with E-state index in [2.05, 4.69) is 189 Å². The Morgan fingerprint density at radius 3 is 1.03 bits per heavy atom. The Balaban J connectivity index is 0.000000156. The Bertz CT molecular complexity index is 1990. The van der Waals surface area contributed by atoms with Gasteiger partial charge in [-0.1, -0.05) is 194 Å². The lowest BCUT2D eigenvalue weighted by atomic mass is 9.80. The summed E-state index contributed by atoms with van der Waals surface area (Å²) in [5.74, 6) is 5.56. The van der Waals surface area contributed by atoms with E-state index < -0.39 is 0 Å². The zero-order valence-electron chi connectivity index (χ0n) is 39.5. The van der Waals surface area contributed by atoms with Crippen LogP contribution in [0.25, 0.3) is 0 Å². The van der Waals surface area contributed by atoms with Crippen LogP contribution in [0.1, 0.15) is 121 Å². The van der Waals surface area contributed by atoms with Gasteiger partial charge < -0.3 is 9.47 Å². The number of benzene rings is 6. The van der Waals surface area contributed by atoms with Gasteiger partial charge in [-0.05, 0) is 150 Å². The molecule has 328 valence electrons. The number of hydrogen-bond donors (Lipinski definition) is 0. The van der Waals surface area contributed by atoms with Crippen molar-refractivity contribution in [3.63, 3.8) is 0 Å². The minimum atomic E-state index is 0.628. The molecule has 0 spiro atoms. The predicted octanol–water partition coefficient (Wildman–Crippen LogP) is 16.3. The Morgan fingerprint density at radius 1 is 0.339 bits per heavy atom. The lowest BCUT2D eigenvalue weighted by Gasteiger charge is -2.26. The van der Waals surface area contributed by atoms with Gasteiger partial charge in [-0.15, -0.1) is 0 Å². The summed E-state index contributed by atoms with van der Waals surface area (Å²) in [6.07, 6.45) is 13.5. The molecule has 0 amide bonds. The lowest BCUT2D eigenvalue weighted by molar-refractivity contribution is 0.188. The fraction of sp³-hybridized carbons (Fsp3) is 0.400. The molecule has 0 N–H and O–H groups in total. The van der Waals surface area contributed by atoms with E-state index >= 15 is 0 Å². The van der Waals surface area contributed by atoms with Crippen LogP contribution < -0.4 is 9.47 Å². The van der Waals surface area contributed by atoms with Gasteiger partial charge >= 0.3 is 0 Å². The van der Waals surface area contributed by atoms with E-state index in [4.69, 9.17) is 9.47 Å². The van der Waals surface area contributed by atoms with Gasteiger partial charge in [0.05, 0.1) is 6.61 Å². The maximum atomic E-state index is 5.84. The molecule has 0 aromatic heterocycles. The second-order valence-corrected chi connectivity index (χ2v) is 18.8. The Kier molecular flexibility index (Phi) is 19.9. The van der Waals surface area contributed by atoms with Crippen molar-refractivity contribution in [1.29, 1.82) is 0 Å². The molecule has 2 saturated carbocycles. The van der Waals surface area contributed by atoms with Crippen LogP contribution in [-0.2, 0) is 19.4 Å². The summed E-state index contributed by atoms with van der Waals surface area (Å²) < 4.78 is 11.5. The number of ether oxygens (including phenoxy) is 2. The summed E-state index contributed by atoms with van der Waals surface area (Å²) in [6.45, 7) is 18.9. The normalized spacial score (nSPS) is 18.1. The van der Waals surface area contributed by atoms with Crippen molar-refractivity contribution in [3.8, 4) is 11.5 Å². The predicted molar refractivity (Wildman–Crippen MR) is 266 cm³/mol. The van der Waals surface area contributed by atoms with E-state index in [0.29, 0.717) is 6.61 Å². The maximum absolute atomic E-state index is 5.84. The molecule has 6 aromatic carbocycles. The first-order valence-corrected chi connectivity index (χ1v) is 23.6. The second-order valence-electron chi connectivity index (χ2n) is 18.8. The number of hydrogen-bond acceptors (Lipinski definition) is 2. The molecule has 2 aliphatic rings. The van der Waals surface area contributed by atoms with Gasteiger partial charge in [0.15, 0.2) is 0 Å². The molecule has 2 heteroatoms. The van der Waals surface area contributed by atoms with E-state index in [-0.39, 0.29) is 0 Å². The third-order valence-electron chi connectivity index (χ3n) is 12.6. The smallest absolute Gasteiger partial charge is 0.119 e. The van der Waals surface area contributed by atoms with Crippen LogP contribution in [0.2, 0.25) is 0 Å². The van der Waals surface area contributed by atoms with Crippen molar-refractivity contribution in [1.82, 2.24) is 0 Å². The van der Waals surface area contributed by atoms with Gasteiger partial charge in [-0.2, -0.15) is 0 Å². The molecule has 8 rings (SSSR count). The summed E-state index contributed by atoms with van der Waals surface area (Å²) in [4.78, 5) is 0. The topological polar surface area (TPSA) is 18.5 Å². The number of aryl methyl sites for hydroxylation is 6. The molecule has 0 bridgehead atoms. The molecule has 0 unspecified atom stereocenters. The molecule has 0 aliphatic heterocycles. The first-order valence-electron chi connectivity index (χ1n) is 23.6. The third kappa shape index (κ3) is 18.5. The van der Waals surface area contributed by atoms with E-state index in [1.54, 1.807) is 0 Å². The summed E-state index contributed by atoms with van der Waals surface area (Å²) in [6, 6.07) is 51.5. The highest BCUT2D eigenvalue weighted by Crippen LogP contribution is 2.31. The molecule has 2 fully saturated rings. The van der Waals surface area contributed by atoms with Gasteiger partial charge in [0.1, 0.15) is 18.1 Å². The molecule has 62 heavy (non-hydrogen) atoms. The van der Waals surface area contributed by atoms with Gasteiger partial charge in [-0.25, -0.2) is 0 Å². The Morgan fingerprint density at radius 2 is 0.645 bits per heavy atom. The molecule has 6 aromatic rings. The zero-order valence-corrected chi connectivity index (χ0v) is 39.5. The summed E-state index contributed by atoms with van der Waals surface area (Å²) >= 11 is 0. The minimum absolute atomic E-state index is 0.628. The number of rotatable bonds is 10. The molecular weight excluding hydrogens is 753 g/mol. The largest absolute Gasteiger partial charge is 0.493 e. The quantitative estimate of drug-likeness (QED) is 0.137. The van der Waals surface area contributed by atoms with E-state index in [1.165, 1.54) is 113 Å².